The lowest BCUT2D eigenvalue weighted by Gasteiger charge is -2.35. The number of aromatic nitrogens is 4. The fraction of sp³-hybridized carbons (Fsp3) is 0.619. The average molecular weight is 385 g/mol. The SMILES string of the molecule is CCN(Cc1c(C)nn(CC)c1C)C(=O)C1CCCN(c2nccc(C)n2)C1. The van der Waals surface area contributed by atoms with Gasteiger partial charge in [-0.3, -0.25) is 9.48 Å². The summed E-state index contributed by atoms with van der Waals surface area (Å²) in [6.07, 6.45) is 3.69. The van der Waals surface area contributed by atoms with Crippen LogP contribution in [0.5, 0.6) is 0 Å². The van der Waals surface area contributed by atoms with E-state index < -0.39 is 0 Å². The summed E-state index contributed by atoms with van der Waals surface area (Å²) in [7, 11) is 0. The number of rotatable bonds is 6. The van der Waals surface area contributed by atoms with Gasteiger partial charge in [-0.15, -0.1) is 0 Å². The molecular weight excluding hydrogens is 352 g/mol. The van der Waals surface area contributed by atoms with Crippen molar-refractivity contribution in [3.8, 4) is 0 Å². The van der Waals surface area contributed by atoms with E-state index in [4.69, 9.17) is 0 Å². The van der Waals surface area contributed by atoms with Crippen molar-refractivity contribution in [3.05, 3.63) is 34.9 Å². The first-order valence-corrected chi connectivity index (χ1v) is 10.3. The Morgan fingerprint density at radius 1 is 1.29 bits per heavy atom. The highest BCUT2D eigenvalue weighted by Crippen LogP contribution is 2.24. The minimum absolute atomic E-state index is 0.0142. The van der Waals surface area contributed by atoms with Gasteiger partial charge in [-0.25, -0.2) is 9.97 Å². The van der Waals surface area contributed by atoms with Crippen LogP contribution in [-0.4, -0.2) is 50.2 Å². The van der Waals surface area contributed by atoms with E-state index in [2.05, 4.69) is 40.7 Å². The van der Waals surface area contributed by atoms with Gasteiger partial charge in [-0.2, -0.15) is 5.10 Å². The van der Waals surface area contributed by atoms with E-state index in [9.17, 15) is 4.79 Å². The van der Waals surface area contributed by atoms with E-state index in [0.717, 1.165) is 49.0 Å². The highest BCUT2D eigenvalue weighted by atomic mass is 16.2. The van der Waals surface area contributed by atoms with E-state index in [1.807, 2.05) is 29.5 Å². The molecule has 1 fully saturated rings. The molecule has 28 heavy (non-hydrogen) atoms. The summed E-state index contributed by atoms with van der Waals surface area (Å²) in [5.74, 6) is 0.944. The van der Waals surface area contributed by atoms with E-state index in [1.165, 1.54) is 5.56 Å². The van der Waals surface area contributed by atoms with Crippen LogP contribution >= 0.6 is 0 Å². The van der Waals surface area contributed by atoms with Crippen LogP contribution in [0.2, 0.25) is 0 Å². The fourth-order valence-corrected chi connectivity index (χ4v) is 4.01. The number of anilines is 1. The van der Waals surface area contributed by atoms with E-state index in [-0.39, 0.29) is 11.8 Å². The highest BCUT2D eigenvalue weighted by Gasteiger charge is 2.30. The monoisotopic (exact) mass is 384 g/mol. The molecule has 1 saturated heterocycles. The fourth-order valence-electron chi connectivity index (χ4n) is 4.01. The summed E-state index contributed by atoms with van der Waals surface area (Å²) >= 11 is 0. The predicted molar refractivity (Wildman–Crippen MR) is 110 cm³/mol. The Balaban J connectivity index is 1.73. The Morgan fingerprint density at radius 2 is 2.07 bits per heavy atom. The molecule has 3 rings (SSSR count). The zero-order chi connectivity index (χ0) is 20.3. The van der Waals surface area contributed by atoms with Crippen molar-refractivity contribution in [1.82, 2.24) is 24.6 Å². The number of piperidine rings is 1. The molecule has 0 spiro atoms. The Morgan fingerprint density at radius 3 is 2.71 bits per heavy atom. The molecule has 1 aliphatic rings. The van der Waals surface area contributed by atoms with Gasteiger partial charge < -0.3 is 9.80 Å². The molecule has 1 amide bonds. The number of aryl methyl sites for hydroxylation is 3. The van der Waals surface area contributed by atoms with Gasteiger partial charge in [0.05, 0.1) is 11.6 Å². The largest absolute Gasteiger partial charge is 0.340 e. The zero-order valence-corrected chi connectivity index (χ0v) is 17.8. The van der Waals surface area contributed by atoms with Gasteiger partial charge in [-0.05, 0) is 53.5 Å². The third kappa shape index (κ3) is 4.18. The summed E-state index contributed by atoms with van der Waals surface area (Å²) in [4.78, 5) is 26.4. The van der Waals surface area contributed by atoms with Crippen molar-refractivity contribution < 1.29 is 4.79 Å². The molecule has 0 aliphatic carbocycles. The molecule has 0 saturated carbocycles. The lowest BCUT2D eigenvalue weighted by Crippen LogP contribution is -2.45. The summed E-state index contributed by atoms with van der Waals surface area (Å²) in [5, 5.41) is 4.60. The molecule has 7 nitrogen and oxygen atoms in total. The summed E-state index contributed by atoms with van der Waals surface area (Å²) < 4.78 is 2.01. The highest BCUT2D eigenvalue weighted by molar-refractivity contribution is 5.79. The maximum atomic E-state index is 13.3. The van der Waals surface area contributed by atoms with Crippen LogP contribution in [-0.2, 0) is 17.9 Å². The van der Waals surface area contributed by atoms with Gasteiger partial charge in [0, 0.05) is 55.9 Å². The lowest BCUT2D eigenvalue weighted by atomic mass is 9.96. The van der Waals surface area contributed by atoms with Crippen molar-refractivity contribution >= 4 is 11.9 Å². The Hall–Kier alpha value is -2.44. The number of hydrogen-bond donors (Lipinski definition) is 0. The molecule has 152 valence electrons. The van der Waals surface area contributed by atoms with Crippen molar-refractivity contribution in [1.29, 1.82) is 0 Å². The molecule has 0 N–H and O–H groups in total. The third-order valence-corrected chi connectivity index (χ3v) is 5.71. The first kappa shape index (κ1) is 20.3. The molecule has 0 aromatic carbocycles. The van der Waals surface area contributed by atoms with E-state index in [0.29, 0.717) is 19.6 Å². The molecule has 3 heterocycles. The third-order valence-electron chi connectivity index (χ3n) is 5.71. The van der Waals surface area contributed by atoms with Crippen molar-refractivity contribution in [2.24, 2.45) is 5.92 Å². The molecule has 1 aliphatic heterocycles. The van der Waals surface area contributed by atoms with Gasteiger partial charge >= 0.3 is 0 Å². The van der Waals surface area contributed by atoms with Crippen LogP contribution < -0.4 is 4.90 Å². The van der Waals surface area contributed by atoms with Crippen molar-refractivity contribution in [2.45, 2.75) is 60.5 Å². The molecule has 7 heteroatoms. The van der Waals surface area contributed by atoms with Crippen molar-refractivity contribution in [3.63, 3.8) is 0 Å². The number of hydrogen-bond acceptors (Lipinski definition) is 5. The standard InChI is InChI=1S/C21H32N6O/c1-6-25(14-19-16(4)24-27(7-2)17(19)5)20(28)18-9-8-12-26(13-18)21-22-11-10-15(3)23-21/h10-11,18H,6-9,12-14H2,1-5H3. The van der Waals surface area contributed by atoms with Gasteiger partial charge in [0.2, 0.25) is 11.9 Å². The van der Waals surface area contributed by atoms with Crippen LogP contribution in [0.25, 0.3) is 0 Å². The van der Waals surface area contributed by atoms with E-state index >= 15 is 0 Å². The first-order valence-electron chi connectivity index (χ1n) is 10.3. The summed E-state index contributed by atoms with van der Waals surface area (Å²) in [6, 6.07) is 1.90. The Labute approximate surface area is 167 Å². The predicted octanol–water partition coefficient (Wildman–Crippen LogP) is 2.88. The average Bonchev–Trinajstić information content (AvgIpc) is 2.98. The minimum atomic E-state index is -0.0142. The zero-order valence-electron chi connectivity index (χ0n) is 17.8. The number of nitrogens with zero attached hydrogens (tertiary/aromatic N) is 6. The topological polar surface area (TPSA) is 67.2 Å². The van der Waals surface area contributed by atoms with Gasteiger partial charge in [-0.1, -0.05) is 0 Å². The number of carbonyl (C=O) groups is 1. The second-order valence-electron chi connectivity index (χ2n) is 7.60. The van der Waals surface area contributed by atoms with Crippen LogP contribution in [0.4, 0.5) is 5.95 Å². The van der Waals surface area contributed by atoms with Gasteiger partial charge in [0.1, 0.15) is 0 Å². The van der Waals surface area contributed by atoms with E-state index in [1.54, 1.807) is 6.20 Å². The number of amides is 1. The summed E-state index contributed by atoms with van der Waals surface area (Å²) in [5.41, 5.74) is 4.30. The number of carbonyl (C=O) groups excluding carboxylic acids is 1. The summed E-state index contributed by atoms with van der Waals surface area (Å²) in [6.45, 7) is 14.0. The maximum Gasteiger partial charge on any atom is 0.227 e. The minimum Gasteiger partial charge on any atom is -0.340 e. The smallest absolute Gasteiger partial charge is 0.227 e. The second kappa shape index (κ2) is 8.71. The quantitative estimate of drug-likeness (QED) is 0.766. The molecular formula is C21H32N6O. The second-order valence-corrected chi connectivity index (χ2v) is 7.60. The molecule has 0 bridgehead atoms. The molecule has 1 atom stereocenters. The Bertz CT molecular complexity index is 830. The Kier molecular flexibility index (Phi) is 6.31. The van der Waals surface area contributed by atoms with Gasteiger partial charge in [0.25, 0.3) is 0 Å². The molecule has 2 aromatic rings. The lowest BCUT2D eigenvalue weighted by molar-refractivity contribution is -0.136. The van der Waals surface area contributed by atoms with Crippen LogP contribution in [0.15, 0.2) is 12.3 Å². The molecule has 2 aromatic heterocycles. The van der Waals surface area contributed by atoms with Gasteiger partial charge in [0.15, 0.2) is 0 Å². The molecule has 1 unspecified atom stereocenters. The first-order chi connectivity index (χ1) is 13.4. The maximum absolute atomic E-state index is 13.3. The normalized spacial score (nSPS) is 17.0. The van der Waals surface area contributed by atoms with Crippen LogP contribution in [0, 0.1) is 26.7 Å². The van der Waals surface area contributed by atoms with Crippen molar-refractivity contribution in [2.75, 3.05) is 24.5 Å². The van der Waals surface area contributed by atoms with Crippen LogP contribution in [0.3, 0.4) is 0 Å². The van der Waals surface area contributed by atoms with Crippen LogP contribution in [0.1, 0.15) is 49.3 Å². The molecule has 0 radical (unpaired) electrons.